The number of hydrogen-bond donors (Lipinski definition) is 0. The number of aromatic nitrogens is 4. The Morgan fingerprint density at radius 1 is 1.03 bits per heavy atom. The molecule has 1 atom stereocenters. The van der Waals surface area contributed by atoms with Gasteiger partial charge in [0.25, 0.3) is 5.56 Å². The second-order valence-corrected chi connectivity index (χ2v) is 8.77. The van der Waals surface area contributed by atoms with Gasteiger partial charge in [0.2, 0.25) is 5.95 Å². The van der Waals surface area contributed by atoms with Crippen LogP contribution in [0.2, 0.25) is 0 Å². The molecule has 0 fully saturated rings. The second-order valence-electron chi connectivity index (χ2n) is 8.77. The van der Waals surface area contributed by atoms with E-state index in [-0.39, 0.29) is 17.8 Å². The van der Waals surface area contributed by atoms with Crippen LogP contribution in [0.1, 0.15) is 18.1 Å². The van der Waals surface area contributed by atoms with Crippen molar-refractivity contribution in [3.63, 3.8) is 0 Å². The lowest BCUT2D eigenvalue weighted by Crippen LogP contribution is -2.40. The van der Waals surface area contributed by atoms with Crippen LogP contribution in [0, 0.1) is 12.8 Å². The molecule has 1 aliphatic heterocycles. The SMILES string of the molecule is Cc1ccccc1N1C[C@@H](C)Cn2c1nc1c2c(=O)n(C/C=C\c2ccccc2)c(=O)n1C. The molecule has 7 heteroatoms. The minimum atomic E-state index is -0.365. The topological polar surface area (TPSA) is 65.1 Å². The predicted molar refractivity (Wildman–Crippen MR) is 132 cm³/mol. The number of imidazole rings is 1. The summed E-state index contributed by atoms with van der Waals surface area (Å²) in [6.07, 6.45) is 3.77. The van der Waals surface area contributed by atoms with Crippen LogP contribution in [-0.2, 0) is 20.1 Å². The number of allylic oxidation sites excluding steroid dienone is 1. The van der Waals surface area contributed by atoms with Crippen molar-refractivity contribution in [2.45, 2.75) is 26.9 Å². The Balaban J connectivity index is 1.65. The van der Waals surface area contributed by atoms with Gasteiger partial charge in [-0.25, -0.2) is 4.79 Å². The molecule has 0 saturated heterocycles. The number of anilines is 2. The molecule has 0 saturated carbocycles. The normalized spacial score (nSPS) is 16.0. The van der Waals surface area contributed by atoms with Gasteiger partial charge < -0.3 is 9.47 Å². The predicted octanol–water partition coefficient (Wildman–Crippen LogP) is 3.71. The molecule has 1 aliphatic rings. The molecule has 0 amide bonds. The van der Waals surface area contributed by atoms with Crippen LogP contribution in [0.4, 0.5) is 11.6 Å². The van der Waals surface area contributed by atoms with Crippen LogP contribution in [0.25, 0.3) is 17.2 Å². The maximum absolute atomic E-state index is 13.5. The third-order valence-corrected chi connectivity index (χ3v) is 6.25. The molecule has 0 spiro atoms. The van der Waals surface area contributed by atoms with Crippen molar-refractivity contribution in [2.75, 3.05) is 11.4 Å². The molecule has 3 heterocycles. The van der Waals surface area contributed by atoms with Crippen LogP contribution in [-0.4, -0.2) is 25.2 Å². The molecule has 2 aromatic heterocycles. The summed E-state index contributed by atoms with van der Waals surface area (Å²) in [5.74, 6) is 1.03. The van der Waals surface area contributed by atoms with Gasteiger partial charge in [-0.05, 0) is 30.0 Å². The van der Waals surface area contributed by atoms with E-state index in [4.69, 9.17) is 4.98 Å². The van der Waals surface area contributed by atoms with Crippen LogP contribution in [0.15, 0.2) is 70.3 Å². The van der Waals surface area contributed by atoms with Crippen LogP contribution in [0.3, 0.4) is 0 Å². The Kier molecular flexibility index (Phi) is 5.24. The lowest BCUT2D eigenvalue weighted by molar-refractivity contribution is 0.457. The Morgan fingerprint density at radius 2 is 1.76 bits per heavy atom. The molecule has 0 bridgehead atoms. The zero-order chi connectivity index (χ0) is 23.1. The van der Waals surface area contributed by atoms with Gasteiger partial charge in [0.1, 0.15) is 0 Å². The van der Waals surface area contributed by atoms with E-state index < -0.39 is 0 Å². The fourth-order valence-corrected chi connectivity index (χ4v) is 4.59. The van der Waals surface area contributed by atoms with Crippen molar-refractivity contribution < 1.29 is 0 Å². The smallest absolute Gasteiger partial charge is 0.311 e. The van der Waals surface area contributed by atoms with E-state index in [1.807, 2.05) is 59.2 Å². The summed E-state index contributed by atoms with van der Waals surface area (Å²) >= 11 is 0. The van der Waals surface area contributed by atoms with Gasteiger partial charge in [0, 0.05) is 32.4 Å². The standard InChI is InChI=1S/C26H27N5O2/c1-18-16-30(21-14-8-7-10-19(21)2)25-27-23-22(31(25)17-18)24(32)29(26(33)28(23)3)15-9-13-20-11-5-4-6-12-20/h4-14,18H,15-17H2,1-3H3/b13-9-/t18-/m1/s1. The number of hydrogen-bond acceptors (Lipinski definition) is 4. The lowest BCUT2D eigenvalue weighted by Gasteiger charge is -2.33. The Labute approximate surface area is 191 Å². The number of aryl methyl sites for hydroxylation is 2. The summed E-state index contributed by atoms with van der Waals surface area (Å²) < 4.78 is 4.75. The first-order chi connectivity index (χ1) is 16.0. The molecule has 0 N–H and O–H groups in total. The fourth-order valence-electron chi connectivity index (χ4n) is 4.59. The zero-order valence-electron chi connectivity index (χ0n) is 19.1. The molecule has 2 aromatic carbocycles. The third kappa shape index (κ3) is 3.59. The number of fused-ring (bicyclic) bond motifs is 3. The number of nitrogens with zero attached hydrogens (tertiary/aromatic N) is 5. The number of para-hydroxylation sites is 1. The summed E-state index contributed by atoms with van der Waals surface area (Å²) in [5, 5.41) is 0. The van der Waals surface area contributed by atoms with Crippen LogP contribution in [0.5, 0.6) is 0 Å². The summed E-state index contributed by atoms with van der Waals surface area (Å²) in [7, 11) is 1.68. The molecule has 0 radical (unpaired) electrons. The highest BCUT2D eigenvalue weighted by atomic mass is 16.2. The van der Waals surface area contributed by atoms with Crippen molar-refractivity contribution in [1.82, 2.24) is 18.7 Å². The first kappa shape index (κ1) is 21.0. The molecule has 7 nitrogen and oxygen atoms in total. The largest absolute Gasteiger partial charge is 0.332 e. The van der Waals surface area contributed by atoms with E-state index in [1.165, 1.54) is 9.13 Å². The summed E-state index contributed by atoms with van der Waals surface area (Å²) in [6.45, 7) is 5.93. The number of benzene rings is 2. The minimum Gasteiger partial charge on any atom is -0.311 e. The molecule has 168 valence electrons. The number of rotatable bonds is 4. The second kappa shape index (κ2) is 8.24. The Hall–Kier alpha value is -3.87. The average Bonchev–Trinajstić information content (AvgIpc) is 3.20. The van der Waals surface area contributed by atoms with E-state index in [0.29, 0.717) is 29.6 Å². The highest BCUT2D eigenvalue weighted by Crippen LogP contribution is 2.34. The van der Waals surface area contributed by atoms with Gasteiger partial charge in [-0.15, -0.1) is 0 Å². The van der Waals surface area contributed by atoms with Gasteiger partial charge >= 0.3 is 5.69 Å². The maximum atomic E-state index is 13.5. The van der Waals surface area contributed by atoms with Gasteiger partial charge in [-0.1, -0.05) is 67.6 Å². The van der Waals surface area contributed by atoms with Gasteiger partial charge in [0.15, 0.2) is 11.2 Å². The van der Waals surface area contributed by atoms with E-state index >= 15 is 0 Å². The first-order valence-electron chi connectivity index (χ1n) is 11.2. The van der Waals surface area contributed by atoms with Gasteiger partial charge in [0.05, 0.1) is 0 Å². The monoisotopic (exact) mass is 441 g/mol. The summed E-state index contributed by atoms with van der Waals surface area (Å²) in [4.78, 5) is 33.5. The third-order valence-electron chi connectivity index (χ3n) is 6.25. The van der Waals surface area contributed by atoms with E-state index in [1.54, 1.807) is 7.05 Å². The lowest BCUT2D eigenvalue weighted by atomic mass is 10.1. The highest BCUT2D eigenvalue weighted by Gasteiger charge is 2.30. The quantitative estimate of drug-likeness (QED) is 0.484. The first-order valence-corrected chi connectivity index (χ1v) is 11.2. The van der Waals surface area contributed by atoms with Crippen molar-refractivity contribution in [2.24, 2.45) is 13.0 Å². The molecule has 0 aliphatic carbocycles. The molecular weight excluding hydrogens is 414 g/mol. The van der Waals surface area contributed by atoms with E-state index in [2.05, 4.69) is 30.9 Å². The summed E-state index contributed by atoms with van der Waals surface area (Å²) in [5.41, 5.74) is 3.47. The Morgan fingerprint density at radius 3 is 2.52 bits per heavy atom. The minimum absolute atomic E-state index is 0.202. The van der Waals surface area contributed by atoms with Crippen molar-refractivity contribution in [3.05, 3.63) is 92.6 Å². The van der Waals surface area contributed by atoms with Crippen molar-refractivity contribution >= 4 is 28.9 Å². The average molecular weight is 442 g/mol. The van der Waals surface area contributed by atoms with Crippen LogP contribution < -0.4 is 16.1 Å². The van der Waals surface area contributed by atoms with Crippen molar-refractivity contribution in [3.8, 4) is 0 Å². The Bertz CT molecular complexity index is 1480. The fraction of sp³-hybridized carbons (Fsp3) is 0.269. The molecule has 5 rings (SSSR count). The van der Waals surface area contributed by atoms with Gasteiger partial charge in [-0.3, -0.25) is 13.9 Å². The van der Waals surface area contributed by atoms with Gasteiger partial charge in [-0.2, -0.15) is 4.98 Å². The van der Waals surface area contributed by atoms with Crippen LogP contribution >= 0.6 is 0 Å². The zero-order valence-corrected chi connectivity index (χ0v) is 19.1. The summed E-state index contributed by atoms with van der Waals surface area (Å²) in [6, 6.07) is 18.0. The molecule has 33 heavy (non-hydrogen) atoms. The highest BCUT2D eigenvalue weighted by molar-refractivity contribution is 5.77. The van der Waals surface area contributed by atoms with Crippen molar-refractivity contribution in [1.29, 1.82) is 0 Å². The van der Waals surface area contributed by atoms with E-state index in [9.17, 15) is 9.59 Å². The molecular formula is C26H27N5O2. The molecule has 0 unspecified atom stereocenters. The molecule has 4 aromatic rings. The van der Waals surface area contributed by atoms with E-state index in [0.717, 1.165) is 23.4 Å². The maximum Gasteiger partial charge on any atom is 0.332 e.